The number of hydrogen-bond donors (Lipinski definition) is 0. The number of rotatable bonds is 4. The number of benzene rings is 1. The zero-order valence-electron chi connectivity index (χ0n) is 13.5. The highest BCUT2D eigenvalue weighted by molar-refractivity contribution is 5.92. The van der Waals surface area contributed by atoms with Crippen LogP contribution in [0.4, 0.5) is 0 Å². The third kappa shape index (κ3) is 2.88. The summed E-state index contributed by atoms with van der Waals surface area (Å²) in [5, 5.41) is 3.80. The van der Waals surface area contributed by atoms with Crippen molar-refractivity contribution < 1.29 is 18.8 Å². The van der Waals surface area contributed by atoms with Crippen LogP contribution in [0.1, 0.15) is 40.7 Å². The number of likely N-dealkylation sites (tertiary alicyclic amines) is 1. The van der Waals surface area contributed by atoms with Gasteiger partial charge in [-0.05, 0) is 37.5 Å². The molecule has 122 valence electrons. The average molecular weight is 316 g/mol. The molecule has 1 saturated heterocycles. The maximum Gasteiger partial charge on any atom is 0.292 e. The molecule has 1 aromatic heterocycles. The summed E-state index contributed by atoms with van der Waals surface area (Å²) in [7, 11) is 3.21. The van der Waals surface area contributed by atoms with Gasteiger partial charge in [0.25, 0.3) is 5.91 Å². The van der Waals surface area contributed by atoms with Crippen LogP contribution in [-0.2, 0) is 0 Å². The fourth-order valence-corrected chi connectivity index (χ4v) is 3.02. The number of carbonyl (C=O) groups is 1. The van der Waals surface area contributed by atoms with Crippen molar-refractivity contribution in [3.8, 4) is 11.5 Å². The van der Waals surface area contributed by atoms with Crippen LogP contribution in [-0.4, -0.2) is 36.7 Å². The van der Waals surface area contributed by atoms with E-state index in [2.05, 4.69) is 5.16 Å². The third-order valence-electron chi connectivity index (χ3n) is 4.14. The molecule has 0 spiro atoms. The summed E-state index contributed by atoms with van der Waals surface area (Å²) in [6.07, 6.45) is 1.87. The van der Waals surface area contributed by atoms with Crippen LogP contribution in [0.3, 0.4) is 0 Å². The highest BCUT2D eigenvalue weighted by Gasteiger charge is 2.32. The van der Waals surface area contributed by atoms with Crippen molar-refractivity contribution >= 4 is 5.91 Å². The second kappa shape index (κ2) is 6.32. The summed E-state index contributed by atoms with van der Waals surface area (Å²) >= 11 is 0. The monoisotopic (exact) mass is 316 g/mol. The second-order valence-electron chi connectivity index (χ2n) is 5.60. The third-order valence-corrected chi connectivity index (χ3v) is 4.14. The first-order valence-electron chi connectivity index (χ1n) is 7.60. The van der Waals surface area contributed by atoms with Crippen LogP contribution < -0.4 is 9.47 Å². The molecule has 0 aliphatic carbocycles. The lowest BCUT2D eigenvalue weighted by Gasteiger charge is -2.24. The van der Waals surface area contributed by atoms with Gasteiger partial charge >= 0.3 is 0 Å². The average Bonchev–Trinajstić information content (AvgIpc) is 3.22. The number of aryl methyl sites for hydroxylation is 1. The molecule has 1 aromatic carbocycles. The Bertz CT molecular complexity index is 710. The molecule has 23 heavy (non-hydrogen) atoms. The van der Waals surface area contributed by atoms with E-state index >= 15 is 0 Å². The lowest BCUT2D eigenvalue weighted by molar-refractivity contribution is 0.0693. The van der Waals surface area contributed by atoms with Crippen LogP contribution in [0.2, 0.25) is 0 Å². The summed E-state index contributed by atoms with van der Waals surface area (Å²) < 4.78 is 15.8. The first-order chi connectivity index (χ1) is 11.1. The molecule has 6 nitrogen and oxygen atoms in total. The summed E-state index contributed by atoms with van der Waals surface area (Å²) in [6.45, 7) is 2.51. The molecule has 0 N–H and O–H groups in total. The van der Waals surface area contributed by atoms with E-state index < -0.39 is 0 Å². The molecule has 0 bridgehead atoms. The van der Waals surface area contributed by atoms with E-state index in [1.54, 1.807) is 27.2 Å². The SMILES string of the molecule is COc1ccc([C@H]2CCCN2C(=O)c2cc(C)no2)cc1OC. The Morgan fingerprint density at radius 3 is 2.70 bits per heavy atom. The van der Waals surface area contributed by atoms with E-state index in [1.165, 1.54) is 0 Å². The molecule has 1 atom stereocenters. The number of nitrogens with zero attached hydrogens (tertiary/aromatic N) is 2. The molecular formula is C17H20N2O4. The normalized spacial score (nSPS) is 17.3. The highest BCUT2D eigenvalue weighted by Crippen LogP contribution is 2.37. The van der Waals surface area contributed by atoms with E-state index in [4.69, 9.17) is 14.0 Å². The Kier molecular flexibility index (Phi) is 4.23. The minimum Gasteiger partial charge on any atom is -0.493 e. The van der Waals surface area contributed by atoms with Gasteiger partial charge in [0.2, 0.25) is 5.76 Å². The molecule has 1 aliphatic heterocycles. The summed E-state index contributed by atoms with van der Waals surface area (Å²) in [4.78, 5) is 14.5. The van der Waals surface area contributed by atoms with E-state index in [1.807, 2.05) is 23.1 Å². The molecule has 1 fully saturated rings. The minimum absolute atomic E-state index is 0.00714. The molecule has 6 heteroatoms. The van der Waals surface area contributed by atoms with E-state index in [0.29, 0.717) is 23.7 Å². The Labute approximate surface area is 135 Å². The van der Waals surface area contributed by atoms with Crippen LogP contribution >= 0.6 is 0 Å². The molecule has 0 saturated carbocycles. The first-order valence-corrected chi connectivity index (χ1v) is 7.60. The van der Waals surface area contributed by atoms with E-state index in [0.717, 1.165) is 18.4 Å². The van der Waals surface area contributed by atoms with Gasteiger partial charge in [0, 0.05) is 12.6 Å². The summed E-state index contributed by atoms with van der Waals surface area (Å²) in [5.41, 5.74) is 1.74. The molecule has 1 amide bonds. The molecule has 0 radical (unpaired) electrons. The smallest absolute Gasteiger partial charge is 0.292 e. The molecule has 3 rings (SSSR count). The molecular weight excluding hydrogens is 296 g/mol. The topological polar surface area (TPSA) is 64.8 Å². The maximum absolute atomic E-state index is 12.7. The zero-order chi connectivity index (χ0) is 16.4. The van der Waals surface area contributed by atoms with Gasteiger partial charge < -0.3 is 18.9 Å². The largest absolute Gasteiger partial charge is 0.493 e. The van der Waals surface area contributed by atoms with E-state index in [-0.39, 0.29) is 17.7 Å². The Morgan fingerprint density at radius 2 is 2.04 bits per heavy atom. The van der Waals surface area contributed by atoms with Gasteiger partial charge in [0.1, 0.15) is 0 Å². The molecule has 2 heterocycles. The van der Waals surface area contributed by atoms with Gasteiger partial charge in [0.05, 0.1) is 26.0 Å². The van der Waals surface area contributed by atoms with Crippen LogP contribution in [0.5, 0.6) is 11.5 Å². The van der Waals surface area contributed by atoms with Gasteiger partial charge in [-0.25, -0.2) is 0 Å². The van der Waals surface area contributed by atoms with Gasteiger partial charge in [-0.1, -0.05) is 11.2 Å². The van der Waals surface area contributed by atoms with Crippen molar-refractivity contribution in [1.29, 1.82) is 0 Å². The minimum atomic E-state index is -0.122. The number of amides is 1. The van der Waals surface area contributed by atoms with Crippen LogP contribution in [0.15, 0.2) is 28.8 Å². The highest BCUT2D eigenvalue weighted by atomic mass is 16.5. The van der Waals surface area contributed by atoms with Gasteiger partial charge in [0.15, 0.2) is 11.5 Å². The Morgan fingerprint density at radius 1 is 1.26 bits per heavy atom. The number of carbonyl (C=O) groups excluding carboxylic acids is 1. The van der Waals surface area contributed by atoms with Gasteiger partial charge in [-0.3, -0.25) is 4.79 Å². The van der Waals surface area contributed by atoms with Crippen molar-refractivity contribution in [2.45, 2.75) is 25.8 Å². The molecule has 1 aliphatic rings. The predicted molar refractivity (Wildman–Crippen MR) is 83.8 cm³/mol. The second-order valence-corrected chi connectivity index (χ2v) is 5.60. The maximum atomic E-state index is 12.7. The van der Waals surface area contributed by atoms with Gasteiger partial charge in [-0.15, -0.1) is 0 Å². The molecule has 0 unspecified atom stereocenters. The number of ether oxygens (including phenoxy) is 2. The Hall–Kier alpha value is -2.50. The zero-order valence-corrected chi connectivity index (χ0v) is 13.5. The van der Waals surface area contributed by atoms with Crippen molar-refractivity contribution in [2.24, 2.45) is 0 Å². The summed E-state index contributed by atoms with van der Waals surface area (Å²) in [5.74, 6) is 1.51. The predicted octanol–water partition coefficient (Wildman–Crippen LogP) is 2.98. The van der Waals surface area contributed by atoms with Crippen molar-refractivity contribution in [3.05, 3.63) is 41.3 Å². The lowest BCUT2D eigenvalue weighted by atomic mass is 10.0. The first kappa shape index (κ1) is 15.4. The van der Waals surface area contributed by atoms with Crippen LogP contribution in [0, 0.1) is 6.92 Å². The van der Waals surface area contributed by atoms with E-state index in [9.17, 15) is 4.79 Å². The quantitative estimate of drug-likeness (QED) is 0.867. The number of hydrogen-bond acceptors (Lipinski definition) is 5. The number of methoxy groups -OCH3 is 2. The summed E-state index contributed by atoms with van der Waals surface area (Å²) in [6, 6.07) is 7.46. The number of aromatic nitrogens is 1. The van der Waals surface area contributed by atoms with Crippen molar-refractivity contribution in [2.75, 3.05) is 20.8 Å². The Balaban J connectivity index is 1.88. The lowest BCUT2D eigenvalue weighted by Crippen LogP contribution is -2.30. The van der Waals surface area contributed by atoms with Gasteiger partial charge in [-0.2, -0.15) is 0 Å². The van der Waals surface area contributed by atoms with Crippen LogP contribution in [0.25, 0.3) is 0 Å². The van der Waals surface area contributed by atoms with Crippen molar-refractivity contribution in [3.63, 3.8) is 0 Å². The fraction of sp³-hybridized carbons (Fsp3) is 0.412. The molecule has 2 aromatic rings. The van der Waals surface area contributed by atoms with Crippen molar-refractivity contribution in [1.82, 2.24) is 10.1 Å². The standard InChI is InChI=1S/C17H20N2O4/c1-11-9-16(23-18-11)17(20)19-8-4-5-13(19)12-6-7-14(21-2)15(10-12)22-3/h6-7,9-10,13H,4-5,8H2,1-3H3/t13-/m1/s1. The fourth-order valence-electron chi connectivity index (χ4n) is 3.02.